The van der Waals surface area contributed by atoms with E-state index in [4.69, 9.17) is 19.4 Å². The monoisotopic (exact) mass is 808 g/mol. The van der Waals surface area contributed by atoms with Gasteiger partial charge in [0.25, 0.3) is 0 Å². The van der Waals surface area contributed by atoms with E-state index in [0.29, 0.717) is 57.5 Å². The molecule has 0 aliphatic heterocycles. The quantitative estimate of drug-likeness (QED) is 0.123. The highest BCUT2D eigenvalue weighted by atomic mass is 19.1. The van der Waals surface area contributed by atoms with Gasteiger partial charge in [0.05, 0.1) is 44.0 Å². The fourth-order valence-electron chi connectivity index (χ4n) is 7.26. The molecule has 14 nitrogen and oxygen atoms in total. The summed E-state index contributed by atoms with van der Waals surface area (Å²) in [6.07, 6.45) is 7.24. The largest absolute Gasteiger partial charge is 0.497 e. The van der Waals surface area contributed by atoms with Crippen LogP contribution < -0.4 is 31.5 Å². The molecular weight excluding hydrogens is 771 g/mol. The van der Waals surface area contributed by atoms with Crippen molar-refractivity contribution >= 4 is 34.2 Å². The maximum Gasteiger partial charge on any atom is 0.335 e. The predicted octanol–water partition coefficient (Wildman–Crippen LogP) is 6.59. The van der Waals surface area contributed by atoms with Gasteiger partial charge in [-0.3, -0.25) is 9.13 Å². The van der Waals surface area contributed by atoms with Gasteiger partial charge in [0, 0.05) is 23.7 Å². The van der Waals surface area contributed by atoms with Crippen LogP contribution in [0.25, 0.3) is 33.7 Å². The zero-order valence-electron chi connectivity index (χ0n) is 32.4. The van der Waals surface area contributed by atoms with Gasteiger partial charge in [-0.25, -0.2) is 37.5 Å². The van der Waals surface area contributed by atoms with Crippen molar-refractivity contribution < 1.29 is 18.3 Å². The fraction of sp³-hybridized carbons (Fsp3) is 0.227. The molecule has 10 rings (SSSR count). The molecular formula is C44H38F2N10O4. The lowest BCUT2D eigenvalue weighted by molar-refractivity contribution is 0.306. The van der Waals surface area contributed by atoms with Gasteiger partial charge in [-0.15, -0.1) is 0 Å². The van der Waals surface area contributed by atoms with E-state index >= 15 is 0 Å². The predicted molar refractivity (Wildman–Crippen MR) is 221 cm³/mol. The van der Waals surface area contributed by atoms with Crippen LogP contribution in [0.3, 0.4) is 0 Å². The van der Waals surface area contributed by atoms with Crippen molar-refractivity contribution in [3.05, 3.63) is 153 Å². The third-order valence-electron chi connectivity index (χ3n) is 10.7. The normalized spacial score (nSPS) is 13.8. The molecule has 0 amide bonds. The molecule has 2 aliphatic rings. The van der Waals surface area contributed by atoms with Gasteiger partial charge in [-0.2, -0.15) is 9.97 Å². The molecule has 4 aromatic carbocycles. The van der Waals surface area contributed by atoms with Gasteiger partial charge in [0.1, 0.15) is 40.8 Å². The number of rotatable bonds is 14. The molecule has 0 spiro atoms. The van der Waals surface area contributed by atoms with Crippen LogP contribution >= 0.6 is 0 Å². The maximum absolute atomic E-state index is 14.8. The topological polar surface area (TPSA) is 148 Å². The molecule has 2 fully saturated rings. The number of imidazole rings is 2. The van der Waals surface area contributed by atoms with E-state index < -0.39 is 17.3 Å². The number of hydrogen-bond acceptors (Lipinski definition) is 10. The molecule has 4 heterocycles. The van der Waals surface area contributed by atoms with Crippen LogP contribution in [0, 0.1) is 11.6 Å². The molecule has 2 saturated carbocycles. The number of benzene rings is 4. The van der Waals surface area contributed by atoms with Crippen molar-refractivity contribution in [3.8, 4) is 22.9 Å². The number of hydrogen-bond donors (Lipinski definition) is 2. The van der Waals surface area contributed by atoms with Crippen LogP contribution in [-0.4, -0.2) is 57.4 Å². The standard InChI is InChI=1S/C44H38F2N10O4/c1-59-32-10-3-6-26(19-32)23-53-37-21-47-41(49-28-14-15-28)51-39(37)56(43(53)57)31-9-4-11-33(20-31)60-25-27-7-2-8-30(18-27)55-40-38(22-48-42(52-40)50-29-16-17-29)54(44(55)58)24-34-35(45)12-5-13-36(34)46/h2-13,18-22,28-29H,14-17,23-25H2,1H3,(H,47,49,51)(H,48,50,52). The molecule has 0 radical (unpaired) electrons. The second-order valence-electron chi connectivity index (χ2n) is 15.1. The fourth-order valence-corrected chi connectivity index (χ4v) is 7.26. The first kappa shape index (κ1) is 36.9. The Morgan fingerprint density at radius 2 is 1.18 bits per heavy atom. The molecule has 16 heteroatoms. The van der Waals surface area contributed by atoms with E-state index in [9.17, 15) is 18.4 Å². The van der Waals surface area contributed by atoms with Crippen LogP contribution in [0.4, 0.5) is 20.7 Å². The van der Waals surface area contributed by atoms with Gasteiger partial charge in [0.2, 0.25) is 11.9 Å². The zero-order chi connectivity index (χ0) is 40.9. The summed E-state index contributed by atoms with van der Waals surface area (Å²) in [6, 6.07) is 26.2. The number of nitrogens with one attached hydrogen (secondary N) is 2. The number of fused-ring (bicyclic) bond motifs is 2. The van der Waals surface area contributed by atoms with Crippen LogP contribution in [0.15, 0.2) is 113 Å². The molecule has 302 valence electrons. The van der Waals surface area contributed by atoms with E-state index in [1.165, 1.54) is 21.4 Å². The Kier molecular flexibility index (Phi) is 9.30. The van der Waals surface area contributed by atoms with E-state index in [1.54, 1.807) is 52.8 Å². The summed E-state index contributed by atoms with van der Waals surface area (Å²) in [7, 11) is 1.60. The first-order chi connectivity index (χ1) is 29.3. The Balaban J connectivity index is 0.970. The number of ether oxygens (including phenoxy) is 2. The average Bonchev–Trinajstić information content (AvgIpc) is 4.20. The first-order valence-corrected chi connectivity index (χ1v) is 19.7. The second kappa shape index (κ2) is 15.1. The van der Waals surface area contributed by atoms with Gasteiger partial charge >= 0.3 is 11.4 Å². The Bertz CT molecular complexity index is 3040. The molecule has 2 aliphatic carbocycles. The molecule has 0 saturated heterocycles. The molecule has 2 N–H and O–H groups in total. The number of halogens is 2. The lowest BCUT2D eigenvalue weighted by Gasteiger charge is -2.11. The number of aromatic nitrogens is 8. The van der Waals surface area contributed by atoms with Crippen LogP contribution in [0.5, 0.6) is 11.5 Å². The summed E-state index contributed by atoms with van der Waals surface area (Å²) in [5.41, 5.74) is 3.21. The van der Waals surface area contributed by atoms with E-state index in [2.05, 4.69) is 20.6 Å². The average molecular weight is 809 g/mol. The SMILES string of the molecule is COc1cccc(Cn2c(=O)n(-c3cccc(OCc4cccc(-n5c(=O)n(Cc6c(F)cccc6F)c6cnc(NC7CC7)nc65)c4)c3)c3nc(NC4CC4)ncc32)c1. The number of methoxy groups -OCH3 is 1. The van der Waals surface area contributed by atoms with Crippen molar-refractivity contribution in [2.45, 2.75) is 57.5 Å². The Labute approximate surface area is 340 Å². The van der Waals surface area contributed by atoms with Gasteiger partial charge in [0.15, 0.2) is 11.3 Å². The van der Waals surface area contributed by atoms with Gasteiger partial charge in [-0.05, 0) is 85.3 Å². The Hall–Kier alpha value is -7.36. The molecule has 4 aromatic heterocycles. The lowest BCUT2D eigenvalue weighted by atomic mass is 10.2. The highest BCUT2D eigenvalue weighted by Gasteiger charge is 2.26. The Morgan fingerprint density at radius 3 is 1.80 bits per heavy atom. The number of nitrogens with zero attached hydrogens (tertiary/aromatic N) is 8. The van der Waals surface area contributed by atoms with Crippen LogP contribution in [-0.2, 0) is 19.7 Å². The highest BCUT2D eigenvalue weighted by molar-refractivity contribution is 5.76. The third kappa shape index (κ3) is 7.20. The summed E-state index contributed by atoms with van der Waals surface area (Å²) in [6.45, 7) is 0.0293. The van der Waals surface area contributed by atoms with Crippen molar-refractivity contribution in [1.82, 2.24) is 38.2 Å². The van der Waals surface area contributed by atoms with Crippen LogP contribution in [0.1, 0.15) is 42.4 Å². The summed E-state index contributed by atoms with van der Waals surface area (Å²) < 4.78 is 47.3. The second-order valence-corrected chi connectivity index (χ2v) is 15.1. The highest BCUT2D eigenvalue weighted by Crippen LogP contribution is 2.28. The first-order valence-electron chi connectivity index (χ1n) is 19.7. The van der Waals surface area contributed by atoms with Gasteiger partial charge in [-0.1, -0.05) is 36.4 Å². The van der Waals surface area contributed by atoms with Gasteiger partial charge < -0.3 is 20.1 Å². The zero-order valence-corrected chi connectivity index (χ0v) is 32.4. The summed E-state index contributed by atoms with van der Waals surface area (Å²) in [5, 5.41) is 6.60. The minimum absolute atomic E-state index is 0.110. The molecule has 0 atom stereocenters. The number of anilines is 2. The molecule has 8 aromatic rings. The van der Waals surface area contributed by atoms with E-state index in [0.717, 1.165) is 48.9 Å². The van der Waals surface area contributed by atoms with Crippen molar-refractivity contribution in [2.24, 2.45) is 0 Å². The molecule has 60 heavy (non-hydrogen) atoms. The minimum Gasteiger partial charge on any atom is -0.497 e. The maximum atomic E-state index is 14.8. The summed E-state index contributed by atoms with van der Waals surface area (Å²) in [4.78, 5) is 46.9. The van der Waals surface area contributed by atoms with Crippen molar-refractivity contribution in [3.63, 3.8) is 0 Å². The van der Waals surface area contributed by atoms with Crippen LogP contribution in [0.2, 0.25) is 0 Å². The molecule has 0 bridgehead atoms. The van der Waals surface area contributed by atoms with Crippen molar-refractivity contribution in [1.29, 1.82) is 0 Å². The minimum atomic E-state index is -0.758. The lowest BCUT2D eigenvalue weighted by Crippen LogP contribution is -2.24. The molecule has 0 unspecified atom stereocenters. The summed E-state index contributed by atoms with van der Waals surface area (Å²) in [5.74, 6) is 0.474. The third-order valence-corrected chi connectivity index (χ3v) is 10.7. The van der Waals surface area contributed by atoms with E-state index in [1.807, 2.05) is 42.5 Å². The Morgan fingerprint density at radius 1 is 0.650 bits per heavy atom. The smallest absolute Gasteiger partial charge is 0.335 e. The van der Waals surface area contributed by atoms with E-state index in [-0.39, 0.29) is 42.6 Å². The van der Waals surface area contributed by atoms with Crippen molar-refractivity contribution in [2.75, 3.05) is 17.7 Å². The summed E-state index contributed by atoms with van der Waals surface area (Å²) >= 11 is 0.